The third kappa shape index (κ3) is 4.46. The molecule has 1 N–H and O–H groups in total. The van der Waals surface area contributed by atoms with Gasteiger partial charge in [-0.1, -0.05) is 0 Å². The molecule has 0 aliphatic rings. The van der Waals surface area contributed by atoms with Gasteiger partial charge in [-0.25, -0.2) is 0 Å². The predicted octanol–water partition coefficient (Wildman–Crippen LogP) is 1.39. The lowest BCUT2D eigenvalue weighted by molar-refractivity contribution is -0.140. The van der Waals surface area contributed by atoms with E-state index < -0.39 is 0 Å². The number of carbonyl (C=O) groups excluding carboxylic acids is 2. The maximum Gasteiger partial charge on any atom is 0.305 e. The Labute approximate surface area is 118 Å². The molecule has 0 saturated heterocycles. The Morgan fingerprint density at radius 2 is 1.80 bits per heavy atom. The highest BCUT2D eigenvalue weighted by Crippen LogP contribution is 2.27. The molecule has 0 heterocycles. The topological polar surface area (TPSA) is 73.9 Å². The molecular formula is C14H19NO5. The molecule has 0 bridgehead atoms. The molecule has 0 radical (unpaired) electrons. The van der Waals surface area contributed by atoms with E-state index in [0.29, 0.717) is 30.0 Å². The fourth-order valence-electron chi connectivity index (χ4n) is 1.62. The van der Waals surface area contributed by atoms with E-state index in [2.05, 4.69) is 10.1 Å². The average Bonchev–Trinajstić information content (AvgIpc) is 2.50. The highest BCUT2D eigenvalue weighted by atomic mass is 16.5. The van der Waals surface area contributed by atoms with Crippen molar-refractivity contribution in [3.63, 3.8) is 0 Å². The van der Waals surface area contributed by atoms with Crippen molar-refractivity contribution in [3.05, 3.63) is 23.8 Å². The quantitative estimate of drug-likeness (QED) is 0.604. The second-order valence-electron chi connectivity index (χ2n) is 4.01. The van der Waals surface area contributed by atoms with E-state index in [0.717, 1.165) is 0 Å². The zero-order chi connectivity index (χ0) is 15.0. The zero-order valence-electron chi connectivity index (χ0n) is 11.9. The summed E-state index contributed by atoms with van der Waals surface area (Å²) in [5.41, 5.74) is 0.473. The Balaban J connectivity index is 2.53. The van der Waals surface area contributed by atoms with Gasteiger partial charge in [0.05, 0.1) is 21.3 Å². The second kappa shape index (κ2) is 8.04. The van der Waals surface area contributed by atoms with Gasteiger partial charge >= 0.3 is 5.97 Å². The number of ether oxygens (including phenoxy) is 3. The van der Waals surface area contributed by atoms with Crippen LogP contribution in [0.1, 0.15) is 23.2 Å². The second-order valence-corrected chi connectivity index (χ2v) is 4.01. The third-order valence-electron chi connectivity index (χ3n) is 2.72. The van der Waals surface area contributed by atoms with Gasteiger partial charge in [-0.05, 0) is 24.6 Å². The fraction of sp³-hybridized carbons (Fsp3) is 0.429. The number of methoxy groups -OCH3 is 3. The summed E-state index contributed by atoms with van der Waals surface area (Å²) in [4.78, 5) is 22.8. The number of hydrogen-bond donors (Lipinski definition) is 1. The van der Waals surface area contributed by atoms with Crippen molar-refractivity contribution in [3.8, 4) is 11.5 Å². The molecule has 0 aliphatic carbocycles. The summed E-state index contributed by atoms with van der Waals surface area (Å²) in [5, 5.41) is 2.72. The molecule has 110 valence electrons. The number of esters is 1. The van der Waals surface area contributed by atoms with Crippen LogP contribution >= 0.6 is 0 Å². The lowest BCUT2D eigenvalue weighted by Gasteiger charge is -2.09. The van der Waals surface area contributed by atoms with Crippen LogP contribution in [0.5, 0.6) is 11.5 Å². The molecule has 6 nitrogen and oxygen atoms in total. The summed E-state index contributed by atoms with van der Waals surface area (Å²) < 4.78 is 14.7. The summed E-state index contributed by atoms with van der Waals surface area (Å²) in [7, 11) is 4.38. The Bertz CT molecular complexity index is 473. The van der Waals surface area contributed by atoms with E-state index in [4.69, 9.17) is 9.47 Å². The number of rotatable bonds is 7. The molecule has 1 aromatic carbocycles. The number of carbonyl (C=O) groups is 2. The molecule has 0 atom stereocenters. The molecule has 0 aliphatic heterocycles. The van der Waals surface area contributed by atoms with Crippen LogP contribution in [0, 0.1) is 0 Å². The first-order valence-electron chi connectivity index (χ1n) is 6.19. The lowest BCUT2D eigenvalue weighted by atomic mass is 10.2. The van der Waals surface area contributed by atoms with Gasteiger partial charge in [0.2, 0.25) is 0 Å². The molecule has 1 rings (SSSR count). The number of hydrogen-bond acceptors (Lipinski definition) is 5. The monoisotopic (exact) mass is 281 g/mol. The predicted molar refractivity (Wildman–Crippen MR) is 73.1 cm³/mol. The largest absolute Gasteiger partial charge is 0.493 e. The number of benzene rings is 1. The van der Waals surface area contributed by atoms with Crippen LogP contribution in [0.3, 0.4) is 0 Å². The molecule has 0 saturated carbocycles. The Morgan fingerprint density at radius 3 is 2.40 bits per heavy atom. The number of nitrogens with one attached hydrogen (secondary N) is 1. The van der Waals surface area contributed by atoms with Gasteiger partial charge in [0.25, 0.3) is 5.91 Å². The summed E-state index contributed by atoms with van der Waals surface area (Å²) in [6.45, 7) is 0.405. The minimum absolute atomic E-state index is 0.226. The van der Waals surface area contributed by atoms with E-state index in [1.54, 1.807) is 18.2 Å². The van der Waals surface area contributed by atoms with Crippen molar-refractivity contribution in [2.24, 2.45) is 0 Å². The molecule has 1 aromatic rings. The van der Waals surface area contributed by atoms with Crippen molar-refractivity contribution in [1.29, 1.82) is 0 Å². The van der Waals surface area contributed by atoms with Crippen molar-refractivity contribution in [1.82, 2.24) is 5.32 Å². The van der Waals surface area contributed by atoms with Crippen LogP contribution in [0.2, 0.25) is 0 Å². The summed E-state index contributed by atoms with van der Waals surface area (Å²) >= 11 is 0. The first kappa shape index (κ1) is 15.8. The van der Waals surface area contributed by atoms with Gasteiger partial charge in [-0.2, -0.15) is 0 Å². The van der Waals surface area contributed by atoms with Crippen LogP contribution in [0.4, 0.5) is 0 Å². The standard InChI is InChI=1S/C14H19NO5/c1-18-11-7-6-10(9-12(11)19-2)14(17)15-8-4-5-13(16)20-3/h6-7,9H,4-5,8H2,1-3H3,(H,15,17). The van der Waals surface area contributed by atoms with Gasteiger partial charge in [-0.3, -0.25) is 9.59 Å². The normalized spacial score (nSPS) is 9.75. The van der Waals surface area contributed by atoms with E-state index in [1.165, 1.54) is 21.3 Å². The Kier molecular flexibility index (Phi) is 6.36. The van der Waals surface area contributed by atoms with Crippen LogP contribution < -0.4 is 14.8 Å². The van der Waals surface area contributed by atoms with Gasteiger partial charge in [0.1, 0.15) is 0 Å². The highest BCUT2D eigenvalue weighted by molar-refractivity contribution is 5.94. The zero-order valence-corrected chi connectivity index (χ0v) is 11.9. The van der Waals surface area contributed by atoms with Crippen LogP contribution in [0.15, 0.2) is 18.2 Å². The molecule has 1 amide bonds. The number of amides is 1. The minimum atomic E-state index is -0.287. The SMILES string of the molecule is COC(=O)CCCNC(=O)c1ccc(OC)c(OC)c1. The molecular weight excluding hydrogens is 262 g/mol. The lowest BCUT2D eigenvalue weighted by Crippen LogP contribution is -2.25. The van der Waals surface area contributed by atoms with Crippen LogP contribution in [-0.2, 0) is 9.53 Å². The summed E-state index contributed by atoms with van der Waals surface area (Å²) in [5.74, 6) is 0.547. The molecule has 0 unspecified atom stereocenters. The Morgan fingerprint density at radius 1 is 1.10 bits per heavy atom. The van der Waals surface area contributed by atoms with Crippen LogP contribution in [-0.4, -0.2) is 39.8 Å². The molecule has 0 spiro atoms. The van der Waals surface area contributed by atoms with Crippen molar-refractivity contribution in [2.45, 2.75) is 12.8 Å². The third-order valence-corrected chi connectivity index (χ3v) is 2.72. The first-order valence-corrected chi connectivity index (χ1v) is 6.19. The van der Waals surface area contributed by atoms with Gasteiger partial charge < -0.3 is 19.5 Å². The Hall–Kier alpha value is -2.24. The fourth-order valence-corrected chi connectivity index (χ4v) is 1.62. The molecule has 20 heavy (non-hydrogen) atoms. The first-order chi connectivity index (χ1) is 9.62. The molecule has 0 aromatic heterocycles. The van der Waals surface area contributed by atoms with Gasteiger partial charge in [0, 0.05) is 18.5 Å². The van der Waals surface area contributed by atoms with E-state index in [1.807, 2.05) is 0 Å². The van der Waals surface area contributed by atoms with E-state index in [-0.39, 0.29) is 18.3 Å². The van der Waals surface area contributed by atoms with Crippen molar-refractivity contribution < 1.29 is 23.8 Å². The highest BCUT2D eigenvalue weighted by Gasteiger charge is 2.10. The van der Waals surface area contributed by atoms with E-state index in [9.17, 15) is 9.59 Å². The van der Waals surface area contributed by atoms with Crippen LogP contribution in [0.25, 0.3) is 0 Å². The maximum absolute atomic E-state index is 11.9. The smallest absolute Gasteiger partial charge is 0.305 e. The van der Waals surface area contributed by atoms with Gasteiger partial charge in [0.15, 0.2) is 11.5 Å². The molecule has 0 fully saturated rings. The average molecular weight is 281 g/mol. The van der Waals surface area contributed by atoms with Crippen molar-refractivity contribution >= 4 is 11.9 Å². The summed E-state index contributed by atoms with van der Waals surface area (Å²) in [6, 6.07) is 4.92. The summed E-state index contributed by atoms with van der Waals surface area (Å²) in [6.07, 6.45) is 0.814. The minimum Gasteiger partial charge on any atom is -0.493 e. The van der Waals surface area contributed by atoms with Crippen molar-refractivity contribution in [2.75, 3.05) is 27.9 Å². The maximum atomic E-state index is 11.9. The van der Waals surface area contributed by atoms with Gasteiger partial charge in [-0.15, -0.1) is 0 Å². The van der Waals surface area contributed by atoms with E-state index >= 15 is 0 Å². The molecule has 6 heteroatoms.